The van der Waals surface area contributed by atoms with E-state index in [-0.39, 0.29) is 6.04 Å². The first-order valence-corrected chi connectivity index (χ1v) is 8.06. The van der Waals surface area contributed by atoms with Gasteiger partial charge in [0.15, 0.2) is 0 Å². The number of nitrogens with zero attached hydrogens (tertiary/aromatic N) is 4. The fourth-order valence-corrected chi connectivity index (χ4v) is 2.57. The number of aromatic nitrogens is 4. The number of ether oxygens (including phenoxy) is 1. The molecule has 0 saturated carbocycles. The van der Waals surface area contributed by atoms with Crippen molar-refractivity contribution in [2.24, 2.45) is 0 Å². The van der Waals surface area contributed by atoms with Gasteiger partial charge in [-0.3, -0.25) is 0 Å². The Kier molecular flexibility index (Phi) is 5.37. The summed E-state index contributed by atoms with van der Waals surface area (Å²) >= 11 is 0. The van der Waals surface area contributed by atoms with E-state index in [0.29, 0.717) is 6.54 Å². The Balaban J connectivity index is 1.59. The van der Waals surface area contributed by atoms with Gasteiger partial charge in [-0.1, -0.05) is 24.3 Å². The Morgan fingerprint density at radius 1 is 1.16 bits per heavy atom. The van der Waals surface area contributed by atoms with Gasteiger partial charge in [0.2, 0.25) is 0 Å². The van der Waals surface area contributed by atoms with Crippen LogP contribution < -0.4 is 10.1 Å². The largest absolute Gasteiger partial charge is 0.497 e. The molecule has 1 aromatic heterocycles. The third-order valence-corrected chi connectivity index (χ3v) is 4.10. The third-order valence-electron chi connectivity index (χ3n) is 4.10. The average Bonchev–Trinajstić information content (AvgIpc) is 3.20. The number of hydrogen-bond donors (Lipinski definition) is 2. The van der Waals surface area contributed by atoms with Crippen molar-refractivity contribution in [3.63, 3.8) is 0 Å². The fraction of sp³-hybridized carbons (Fsp3) is 0.278. The van der Waals surface area contributed by atoms with Crippen LogP contribution in [0.5, 0.6) is 5.75 Å². The molecular weight excluding hydrogens is 318 g/mol. The van der Waals surface area contributed by atoms with E-state index >= 15 is 0 Å². The van der Waals surface area contributed by atoms with Gasteiger partial charge in [-0.15, -0.1) is 5.10 Å². The Hall–Kier alpha value is -2.77. The summed E-state index contributed by atoms with van der Waals surface area (Å²) in [6.45, 7) is 2.51. The van der Waals surface area contributed by atoms with E-state index in [4.69, 9.17) is 4.74 Å². The normalized spacial score (nSPS) is 13.4. The van der Waals surface area contributed by atoms with Gasteiger partial charge in [0.1, 0.15) is 12.1 Å². The van der Waals surface area contributed by atoms with Crippen molar-refractivity contribution in [2.75, 3.05) is 13.7 Å². The van der Waals surface area contributed by atoms with Gasteiger partial charge >= 0.3 is 0 Å². The van der Waals surface area contributed by atoms with Crippen LogP contribution in [0.3, 0.4) is 0 Å². The second-order valence-electron chi connectivity index (χ2n) is 5.77. The molecule has 0 fully saturated rings. The zero-order valence-electron chi connectivity index (χ0n) is 14.2. The predicted molar refractivity (Wildman–Crippen MR) is 93.5 cm³/mol. The summed E-state index contributed by atoms with van der Waals surface area (Å²) in [5.74, 6) is 0.739. The number of hydrogen-bond acceptors (Lipinski definition) is 6. The van der Waals surface area contributed by atoms with E-state index in [9.17, 15) is 5.11 Å². The van der Waals surface area contributed by atoms with Crippen molar-refractivity contribution in [1.82, 2.24) is 25.5 Å². The minimum atomic E-state index is -0.599. The molecule has 0 bridgehead atoms. The van der Waals surface area contributed by atoms with E-state index in [1.807, 2.05) is 48.5 Å². The second-order valence-corrected chi connectivity index (χ2v) is 5.77. The van der Waals surface area contributed by atoms with E-state index in [1.165, 1.54) is 0 Å². The SMILES string of the molecule is COc1cccc(C(O)CNC(C)c2ccc(-n3cnnn3)cc2)c1. The topological polar surface area (TPSA) is 85.1 Å². The van der Waals surface area contributed by atoms with Crippen LogP contribution in [0.15, 0.2) is 54.9 Å². The van der Waals surface area contributed by atoms with Gasteiger partial charge in [0, 0.05) is 12.6 Å². The highest BCUT2D eigenvalue weighted by Crippen LogP contribution is 2.20. The fourth-order valence-electron chi connectivity index (χ4n) is 2.57. The van der Waals surface area contributed by atoms with Crippen molar-refractivity contribution in [3.05, 3.63) is 66.0 Å². The van der Waals surface area contributed by atoms with Crippen LogP contribution in [-0.2, 0) is 0 Å². The molecule has 1 heterocycles. The molecule has 0 radical (unpaired) electrons. The lowest BCUT2D eigenvalue weighted by Crippen LogP contribution is -2.24. The van der Waals surface area contributed by atoms with Crippen LogP contribution in [0.2, 0.25) is 0 Å². The molecule has 3 rings (SSSR count). The summed E-state index contributed by atoms with van der Waals surface area (Å²) in [7, 11) is 1.62. The zero-order chi connectivity index (χ0) is 17.6. The van der Waals surface area contributed by atoms with Crippen LogP contribution in [0, 0.1) is 0 Å². The van der Waals surface area contributed by atoms with Crippen LogP contribution in [0.4, 0.5) is 0 Å². The van der Waals surface area contributed by atoms with Crippen molar-refractivity contribution in [2.45, 2.75) is 19.1 Å². The molecule has 3 aromatic rings. The summed E-state index contributed by atoms with van der Waals surface area (Å²) in [5.41, 5.74) is 2.85. The van der Waals surface area contributed by atoms with Gasteiger partial charge in [-0.2, -0.15) is 0 Å². The minimum absolute atomic E-state index is 0.100. The summed E-state index contributed by atoms with van der Waals surface area (Å²) < 4.78 is 6.80. The maximum Gasteiger partial charge on any atom is 0.143 e. The van der Waals surface area contributed by atoms with E-state index in [0.717, 1.165) is 22.6 Å². The number of aliphatic hydroxyl groups excluding tert-OH is 1. The second kappa shape index (κ2) is 7.87. The summed E-state index contributed by atoms with van der Waals surface area (Å²) in [6.07, 6.45) is 0.958. The van der Waals surface area contributed by atoms with E-state index in [2.05, 4.69) is 27.8 Å². The molecule has 2 aromatic carbocycles. The molecule has 7 heteroatoms. The Morgan fingerprint density at radius 3 is 2.64 bits per heavy atom. The predicted octanol–water partition coefficient (Wildman–Crippen LogP) is 2.06. The first-order valence-electron chi connectivity index (χ1n) is 8.06. The number of benzene rings is 2. The first kappa shape index (κ1) is 17.1. The van der Waals surface area contributed by atoms with Gasteiger partial charge < -0.3 is 15.2 Å². The summed E-state index contributed by atoms with van der Waals surface area (Å²) in [4.78, 5) is 0. The Morgan fingerprint density at radius 2 is 1.96 bits per heavy atom. The number of methoxy groups -OCH3 is 1. The van der Waals surface area contributed by atoms with Crippen LogP contribution >= 0.6 is 0 Å². The molecule has 7 nitrogen and oxygen atoms in total. The number of rotatable bonds is 7. The third kappa shape index (κ3) is 4.20. The van der Waals surface area contributed by atoms with Crippen LogP contribution in [0.1, 0.15) is 30.2 Å². The lowest BCUT2D eigenvalue weighted by atomic mass is 10.1. The number of tetrazole rings is 1. The number of aliphatic hydroxyl groups is 1. The molecule has 0 aliphatic carbocycles. The van der Waals surface area contributed by atoms with Crippen LogP contribution in [0.25, 0.3) is 5.69 Å². The van der Waals surface area contributed by atoms with E-state index in [1.54, 1.807) is 18.1 Å². The Labute approximate surface area is 146 Å². The molecule has 0 aliphatic heterocycles. The smallest absolute Gasteiger partial charge is 0.143 e. The van der Waals surface area contributed by atoms with Gasteiger partial charge in [0.25, 0.3) is 0 Å². The first-order chi connectivity index (χ1) is 12.2. The lowest BCUT2D eigenvalue weighted by molar-refractivity contribution is 0.170. The van der Waals surface area contributed by atoms with Crippen LogP contribution in [-0.4, -0.2) is 39.0 Å². The van der Waals surface area contributed by atoms with E-state index < -0.39 is 6.10 Å². The molecule has 2 unspecified atom stereocenters. The Bertz CT molecular complexity index is 789. The highest BCUT2D eigenvalue weighted by atomic mass is 16.5. The monoisotopic (exact) mass is 339 g/mol. The van der Waals surface area contributed by atoms with Crippen molar-refractivity contribution < 1.29 is 9.84 Å². The molecule has 25 heavy (non-hydrogen) atoms. The molecule has 0 saturated heterocycles. The van der Waals surface area contributed by atoms with Gasteiger partial charge in [0.05, 0.1) is 18.9 Å². The lowest BCUT2D eigenvalue weighted by Gasteiger charge is -2.18. The molecule has 0 spiro atoms. The maximum atomic E-state index is 10.4. The average molecular weight is 339 g/mol. The molecular formula is C18H21N5O2. The minimum Gasteiger partial charge on any atom is -0.497 e. The molecule has 0 amide bonds. The van der Waals surface area contributed by atoms with Gasteiger partial charge in [-0.05, 0) is 52.7 Å². The van der Waals surface area contributed by atoms with Gasteiger partial charge in [-0.25, -0.2) is 4.68 Å². The maximum absolute atomic E-state index is 10.4. The van der Waals surface area contributed by atoms with Crippen molar-refractivity contribution >= 4 is 0 Å². The summed E-state index contributed by atoms with van der Waals surface area (Å²) in [5, 5.41) is 24.8. The highest BCUT2D eigenvalue weighted by molar-refractivity contribution is 5.34. The standard InChI is InChI=1S/C18H21N5O2/c1-13(14-6-8-16(9-7-14)23-12-20-21-22-23)19-11-18(24)15-4-3-5-17(10-15)25-2/h3-10,12-13,18-19,24H,11H2,1-2H3. The number of nitrogens with one attached hydrogen (secondary N) is 1. The quantitative estimate of drug-likeness (QED) is 0.685. The highest BCUT2D eigenvalue weighted by Gasteiger charge is 2.11. The molecule has 130 valence electrons. The summed E-state index contributed by atoms with van der Waals surface area (Å²) in [6, 6.07) is 15.5. The van der Waals surface area contributed by atoms with Crippen molar-refractivity contribution in [3.8, 4) is 11.4 Å². The zero-order valence-corrected chi connectivity index (χ0v) is 14.2. The molecule has 2 N–H and O–H groups in total. The van der Waals surface area contributed by atoms with Crippen molar-refractivity contribution in [1.29, 1.82) is 0 Å². The molecule has 0 aliphatic rings. The molecule has 2 atom stereocenters.